The number of amides is 2. The van der Waals surface area contributed by atoms with E-state index >= 15 is 0 Å². The number of carbonyl (C=O) groups is 2. The normalized spacial score (nSPS) is 10.9. The molecule has 0 saturated heterocycles. The maximum atomic E-state index is 11.5. The van der Waals surface area contributed by atoms with Crippen molar-refractivity contribution in [3.8, 4) is 0 Å². The molecule has 0 aliphatic carbocycles. The zero-order valence-corrected chi connectivity index (χ0v) is 13.7. The molecule has 0 heterocycles. The predicted molar refractivity (Wildman–Crippen MR) is 84.2 cm³/mol. The molecule has 0 aliphatic heterocycles. The minimum atomic E-state index is -0.662. The smallest absolute Gasteiger partial charge is 0.426 e. The lowest BCUT2D eigenvalue weighted by molar-refractivity contribution is -0.119. The molecule has 0 fully saturated rings. The Morgan fingerprint density at radius 1 is 1.14 bits per heavy atom. The monoisotopic (exact) mass is 310 g/mol. The Kier molecular flexibility index (Phi) is 6.55. The van der Waals surface area contributed by atoms with Crippen LogP contribution in [0, 0.1) is 0 Å². The predicted octanol–water partition coefficient (Wildman–Crippen LogP) is 2.85. The van der Waals surface area contributed by atoms with Gasteiger partial charge in [0.15, 0.2) is 0 Å². The first-order valence-electron chi connectivity index (χ1n) is 6.78. The van der Waals surface area contributed by atoms with Crippen LogP contribution < -0.4 is 10.9 Å². The van der Waals surface area contributed by atoms with Crippen LogP contribution >= 0.6 is 11.8 Å². The molecule has 1 aromatic carbocycles. The van der Waals surface area contributed by atoms with Crippen LogP contribution in [0.3, 0.4) is 0 Å². The van der Waals surface area contributed by atoms with Gasteiger partial charge in [-0.2, -0.15) is 0 Å². The van der Waals surface area contributed by atoms with Gasteiger partial charge in [-0.25, -0.2) is 10.2 Å². The van der Waals surface area contributed by atoms with E-state index in [1.807, 2.05) is 12.1 Å². The fourth-order valence-corrected chi connectivity index (χ4v) is 2.22. The highest BCUT2D eigenvalue weighted by atomic mass is 32.2. The molecule has 2 N–H and O–H groups in total. The van der Waals surface area contributed by atoms with Crippen LogP contribution in [0.4, 0.5) is 4.79 Å². The van der Waals surface area contributed by atoms with E-state index < -0.39 is 6.09 Å². The maximum Gasteiger partial charge on any atom is 0.426 e. The Morgan fingerprint density at radius 2 is 1.76 bits per heavy atom. The van der Waals surface area contributed by atoms with Crippen LogP contribution in [0.5, 0.6) is 0 Å². The average Bonchev–Trinajstić information content (AvgIpc) is 2.43. The topological polar surface area (TPSA) is 67.4 Å². The molecule has 6 heteroatoms. The summed E-state index contributed by atoms with van der Waals surface area (Å²) in [5.41, 5.74) is 5.83. The molecular weight excluding hydrogens is 288 g/mol. The zero-order chi connectivity index (χ0) is 15.9. The van der Waals surface area contributed by atoms with Gasteiger partial charge >= 0.3 is 6.09 Å². The lowest BCUT2D eigenvalue weighted by Crippen LogP contribution is -2.42. The second kappa shape index (κ2) is 7.93. The standard InChI is InChI=1S/C15H22N2O3S/c1-5-20-14(19)17-16-13(18)10-21-12-8-6-11(7-9-12)15(2,3)4/h6-9H,5,10H2,1-4H3,(H,16,18)(H,17,19). The molecule has 0 saturated carbocycles. The van der Waals surface area contributed by atoms with Crippen molar-refractivity contribution in [2.75, 3.05) is 12.4 Å². The number of hydrogen-bond donors (Lipinski definition) is 2. The van der Waals surface area contributed by atoms with Crippen molar-refractivity contribution in [1.82, 2.24) is 10.9 Å². The number of hydrazine groups is 1. The van der Waals surface area contributed by atoms with E-state index in [1.165, 1.54) is 17.3 Å². The van der Waals surface area contributed by atoms with Gasteiger partial charge in [0.25, 0.3) is 0 Å². The molecule has 0 bridgehead atoms. The molecule has 1 rings (SSSR count). The van der Waals surface area contributed by atoms with Crippen LogP contribution in [0.15, 0.2) is 29.2 Å². The minimum Gasteiger partial charge on any atom is -0.449 e. The van der Waals surface area contributed by atoms with E-state index in [4.69, 9.17) is 0 Å². The van der Waals surface area contributed by atoms with Gasteiger partial charge in [0.05, 0.1) is 12.4 Å². The molecule has 0 radical (unpaired) electrons. The second-order valence-corrected chi connectivity index (χ2v) is 6.51. The largest absolute Gasteiger partial charge is 0.449 e. The summed E-state index contributed by atoms with van der Waals surface area (Å²) in [7, 11) is 0. The van der Waals surface area contributed by atoms with Crippen molar-refractivity contribution in [2.24, 2.45) is 0 Å². The molecule has 0 aromatic heterocycles. The van der Waals surface area contributed by atoms with Crippen molar-refractivity contribution < 1.29 is 14.3 Å². The van der Waals surface area contributed by atoms with E-state index in [9.17, 15) is 9.59 Å². The summed E-state index contributed by atoms with van der Waals surface area (Å²) in [4.78, 5) is 23.6. The van der Waals surface area contributed by atoms with Crippen molar-refractivity contribution in [3.63, 3.8) is 0 Å². The van der Waals surface area contributed by atoms with Gasteiger partial charge in [-0.05, 0) is 30.0 Å². The third-order valence-electron chi connectivity index (χ3n) is 2.67. The van der Waals surface area contributed by atoms with Gasteiger partial charge in [0, 0.05) is 4.90 Å². The Bertz CT molecular complexity index is 481. The third-order valence-corrected chi connectivity index (χ3v) is 3.68. The van der Waals surface area contributed by atoms with Gasteiger partial charge in [0.1, 0.15) is 0 Å². The van der Waals surface area contributed by atoms with Gasteiger partial charge in [-0.1, -0.05) is 32.9 Å². The van der Waals surface area contributed by atoms with Crippen LogP contribution in [0.1, 0.15) is 33.3 Å². The lowest BCUT2D eigenvalue weighted by atomic mass is 9.87. The van der Waals surface area contributed by atoms with Crippen LogP contribution in [0.2, 0.25) is 0 Å². The fraction of sp³-hybridized carbons (Fsp3) is 0.467. The van der Waals surface area contributed by atoms with Crippen molar-refractivity contribution in [3.05, 3.63) is 29.8 Å². The number of ether oxygens (including phenoxy) is 1. The second-order valence-electron chi connectivity index (χ2n) is 5.46. The van der Waals surface area contributed by atoms with E-state index in [0.717, 1.165) is 4.90 Å². The quantitative estimate of drug-likeness (QED) is 0.663. The zero-order valence-electron chi connectivity index (χ0n) is 12.9. The van der Waals surface area contributed by atoms with E-state index in [0.29, 0.717) is 0 Å². The van der Waals surface area contributed by atoms with Gasteiger partial charge < -0.3 is 4.74 Å². The van der Waals surface area contributed by atoms with Crippen LogP contribution in [0.25, 0.3) is 0 Å². The van der Waals surface area contributed by atoms with E-state index in [2.05, 4.69) is 48.5 Å². The summed E-state index contributed by atoms with van der Waals surface area (Å²) in [5, 5.41) is 0. The molecule has 0 spiro atoms. The highest BCUT2D eigenvalue weighted by Crippen LogP contribution is 2.25. The molecular formula is C15H22N2O3S. The SMILES string of the molecule is CCOC(=O)NNC(=O)CSc1ccc(C(C)(C)C)cc1. The highest BCUT2D eigenvalue weighted by Gasteiger charge is 2.13. The van der Waals surface area contributed by atoms with Crippen molar-refractivity contribution >= 4 is 23.8 Å². The first kappa shape index (κ1) is 17.4. The number of hydrogen-bond acceptors (Lipinski definition) is 4. The van der Waals surface area contributed by atoms with Gasteiger partial charge in [0.2, 0.25) is 5.91 Å². The number of rotatable bonds is 4. The Morgan fingerprint density at radius 3 is 2.29 bits per heavy atom. The molecule has 5 nitrogen and oxygen atoms in total. The van der Waals surface area contributed by atoms with Crippen molar-refractivity contribution in [2.45, 2.75) is 38.0 Å². The summed E-state index contributed by atoms with van der Waals surface area (Å²) >= 11 is 1.41. The molecule has 2 amide bonds. The Labute approximate surface area is 129 Å². The first-order valence-corrected chi connectivity index (χ1v) is 7.76. The Balaban J connectivity index is 2.38. The highest BCUT2D eigenvalue weighted by molar-refractivity contribution is 8.00. The molecule has 0 unspecified atom stereocenters. The number of nitrogens with one attached hydrogen (secondary N) is 2. The van der Waals surface area contributed by atoms with E-state index in [1.54, 1.807) is 6.92 Å². The maximum absolute atomic E-state index is 11.5. The summed E-state index contributed by atoms with van der Waals surface area (Å²) in [6.07, 6.45) is -0.662. The first-order chi connectivity index (χ1) is 9.82. The van der Waals surface area contributed by atoms with Crippen LogP contribution in [-0.4, -0.2) is 24.4 Å². The summed E-state index contributed by atoms with van der Waals surface area (Å²) in [6, 6.07) is 8.13. The molecule has 0 atom stereocenters. The average molecular weight is 310 g/mol. The fourth-order valence-electron chi connectivity index (χ4n) is 1.52. The minimum absolute atomic E-state index is 0.115. The molecule has 21 heavy (non-hydrogen) atoms. The summed E-state index contributed by atoms with van der Waals surface area (Å²) in [6.45, 7) is 8.42. The van der Waals surface area contributed by atoms with Crippen molar-refractivity contribution in [1.29, 1.82) is 0 Å². The summed E-state index contributed by atoms with van der Waals surface area (Å²) < 4.78 is 4.63. The number of benzene rings is 1. The lowest BCUT2D eigenvalue weighted by Gasteiger charge is -2.19. The van der Waals surface area contributed by atoms with Gasteiger partial charge in [-0.3, -0.25) is 10.2 Å². The molecule has 1 aromatic rings. The summed E-state index contributed by atoms with van der Waals surface area (Å²) in [5.74, 6) is -0.0608. The number of carbonyl (C=O) groups excluding carboxylic acids is 2. The third kappa shape index (κ3) is 6.53. The van der Waals surface area contributed by atoms with E-state index in [-0.39, 0.29) is 23.7 Å². The molecule has 116 valence electrons. The number of thioether (sulfide) groups is 1. The van der Waals surface area contributed by atoms with Crippen LogP contribution in [-0.2, 0) is 14.9 Å². The Hall–Kier alpha value is -1.69. The molecule has 0 aliphatic rings. The van der Waals surface area contributed by atoms with Gasteiger partial charge in [-0.15, -0.1) is 11.8 Å².